The van der Waals surface area contributed by atoms with Crippen LogP contribution in [0.25, 0.3) is 11.2 Å². The highest BCUT2D eigenvalue weighted by molar-refractivity contribution is 5.72. The molecule has 1 saturated carbocycles. The van der Waals surface area contributed by atoms with E-state index in [2.05, 4.69) is 25.8 Å². The number of aromatic nitrogens is 3. The Labute approximate surface area is 124 Å². The minimum Gasteiger partial charge on any atom is -0.396 e. The minimum absolute atomic E-state index is 0.0147. The lowest BCUT2D eigenvalue weighted by Crippen LogP contribution is -2.27. The van der Waals surface area contributed by atoms with Gasteiger partial charge in [-0.05, 0) is 29.9 Å². The van der Waals surface area contributed by atoms with E-state index in [1.807, 2.05) is 16.7 Å². The molecule has 0 bridgehead atoms. The summed E-state index contributed by atoms with van der Waals surface area (Å²) < 4.78 is 3.43. The van der Waals surface area contributed by atoms with E-state index in [0.29, 0.717) is 18.4 Å². The van der Waals surface area contributed by atoms with Gasteiger partial charge in [-0.3, -0.25) is 9.13 Å². The minimum atomic E-state index is -0.0147. The second-order valence-electron chi connectivity index (χ2n) is 7.35. The number of hydrogen-bond donors (Lipinski definition) is 1. The van der Waals surface area contributed by atoms with Crippen molar-refractivity contribution in [3.63, 3.8) is 0 Å². The van der Waals surface area contributed by atoms with Gasteiger partial charge in [0.05, 0.1) is 5.52 Å². The average Bonchev–Trinajstić information content (AvgIpc) is 3.17. The van der Waals surface area contributed by atoms with Gasteiger partial charge in [0.15, 0.2) is 5.65 Å². The van der Waals surface area contributed by atoms with Gasteiger partial charge in [0.1, 0.15) is 0 Å². The lowest BCUT2D eigenvalue weighted by Gasteiger charge is -2.18. The van der Waals surface area contributed by atoms with E-state index in [1.165, 1.54) is 0 Å². The molecule has 0 spiro atoms. The average molecular weight is 289 g/mol. The van der Waals surface area contributed by atoms with E-state index in [1.54, 1.807) is 11.6 Å². The Balaban J connectivity index is 2.07. The van der Waals surface area contributed by atoms with Crippen LogP contribution in [0.2, 0.25) is 0 Å². The van der Waals surface area contributed by atoms with Crippen molar-refractivity contribution in [1.82, 2.24) is 14.1 Å². The zero-order valence-corrected chi connectivity index (χ0v) is 13.1. The largest absolute Gasteiger partial charge is 0.396 e. The van der Waals surface area contributed by atoms with Crippen molar-refractivity contribution in [3.05, 3.63) is 28.3 Å². The highest BCUT2D eigenvalue weighted by Crippen LogP contribution is 2.46. The van der Waals surface area contributed by atoms with Gasteiger partial charge in [-0.1, -0.05) is 20.8 Å². The van der Waals surface area contributed by atoms with Crippen LogP contribution in [0.3, 0.4) is 0 Å². The first-order valence-corrected chi connectivity index (χ1v) is 7.49. The lowest BCUT2D eigenvalue weighted by molar-refractivity contribution is 0.273. The molecule has 2 aromatic rings. The number of aliphatic hydroxyl groups excluding tert-OH is 1. The monoisotopic (exact) mass is 289 g/mol. The number of nitrogens with zero attached hydrogens (tertiary/aromatic N) is 3. The molecular weight excluding hydrogens is 266 g/mol. The maximum Gasteiger partial charge on any atom is 0.330 e. The van der Waals surface area contributed by atoms with E-state index < -0.39 is 0 Å². The number of aryl methyl sites for hydroxylation is 1. The molecule has 1 fully saturated rings. The van der Waals surface area contributed by atoms with Crippen molar-refractivity contribution in [2.24, 2.45) is 18.4 Å². The van der Waals surface area contributed by atoms with Gasteiger partial charge < -0.3 is 5.11 Å². The normalized spacial score (nSPS) is 22.0. The number of hydrogen-bond acceptors (Lipinski definition) is 3. The van der Waals surface area contributed by atoms with Crippen LogP contribution in [0.5, 0.6) is 0 Å². The Morgan fingerprint density at radius 3 is 2.67 bits per heavy atom. The van der Waals surface area contributed by atoms with E-state index in [-0.39, 0.29) is 17.7 Å². The molecule has 0 aliphatic heterocycles. The van der Waals surface area contributed by atoms with Gasteiger partial charge in [-0.15, -0.1) is 0 Å². The number of imidazole rings is 1. The first-order valence-electron chi connectivity index (χ1n) is 7.49. The summed E-state index contributed by atoms with van der Waals surface area (Å²) in [4.78, 5) is 17.1. The maximum absolute atomic E-state index is 12.4. The first-order chi connectivity index (χ1) is 9.81. The summed E-state index contributed by atoms with van der Waals surface area (Å²) in [6, 6.07) is 4.00. The number of rotatable bonds is 3. The van der Waals surface area contributed by atoms with Gasteiger partial charge >= 0.3 is 5.69 Å². The Hall–Kier alpha value is -1.62. The van der Waals surface area contributed by atoms with E-state index in [9.17, 15) is 9.90 Å². The smallest absolute Gasteiger partial charge is 0.330 e. The fraction of sp³-hybridized carbons (Fsp3) is 0.625. The van der Waals surface area contributed by atoms with Gasteiger partial charge in [0.2, 0.25) is 0 Å². The molecule has 1 aliphatic rings. The van der Waals surface area contributed by atoms with Gasteiger partial charge in [0.25, 0.3) is 0 Å². The summed E-state index contributed by atoms with van der Waals surface area (Å²) in [6.45, 7) is 7.25. The Morgan fingerprint density at radius 1 is 1.38 bits per heavy atom. The third kappa shape index (κ3) is 2.50. The molecule has 1 N–H and O–H groups in total. The van der Waals surface area contributed by atoms with Crippen LogP contribution in [0.4, 0.5) is 0 Å². The van der Waals surface area contributed by atoms with Crippen LogP contribution in [0.15, 0.2) is 16.9 Å². The molecule has 0 aromatic carbocycles. The molecule has 2 heterocycles. The van der Waals surface area contributed by atoms with Crippen molar-refractivity contribution in [2.75, 3.05) is 6.61 Å². The van der Waals surface area contributed by atoms with Gasteiger partial charge in [-0.2, -0.15) is 0 Å². The van der Waals surface area contributed by atoms with E-state index >= 15 is 0 Å². The molecule has 0 radical (unpaired) electrons. The fourth-order valence-corrected chi connectivity index (χ4v) is 2.93. The molecule has 1 aliphatic carbocycles. The van der Waals surface area contributed by atoms with Crippen LogP contribution >= 0.6 is 0 Å². The Kier molecular flexibility index (Phi) is 3.20. The Morgan fingerprint density at radius 2 is 2.10 bits per heavy atom. The standard InChI is InChI=1S/C16H23N3O2/c1-16(2,3)9-19-13-6-5-12(11-7-10(11)8-20)17-14(13)18(4)15(19)21/h5-6,10-11,20H,7-9H2,1-4H3. The molecule has 0 amide bonds. The van der Waals surface area contributed by atoms with Crippen LogP contribution < -0.4 is 5.69 Å². The van der Waals surface area contributed by atoms with E-state index in [4.69, 9.17) is 0 Å². The van der Waals surface area contributed by atoms with Crippen LogP contribution in [-0.4, -0.2) is 25.8 Å². The Bertz CT molecular complexity index is 736. The molecule has 114 valence electrons. The molecule has 2 aromatic heterocycles. The third-order valence-electron chi connectivity index (χ3n) is 4.17. The number of pyridine rings is 1. The van der Waals surface area contributed by atoms with Crippen molar-refractivity contribution in [2.45, 2.75) is 39.7 Å². The first kappa shape index (κ1) is 14.3. The molecule has 21 heavy (non-hydrogen) atoms. The topological polar surface area (TPSA) is 60.0 Å². The summed E-state index contributed by atoms with van der Waals surface area (Å²) in [7, 11) is 1.77. The van der Waals surface area contributed by atoms with Crippen molar-refractivity contribution in [3.8, 4) is 0 Å². The summed E-state index contributed by atoms with van der Waals surface area (Å²) in [6.07, 6.45) is 0.992. The van der Waals surface area contributed by atoms with Gasteiger partial charge in [-0.25, -0.2) is 9.78 Å². The molecule has 5 heteroatoms. The third-order valence-corrected chi connectivity index (χ3v) is 4.17. The highest BCUT2D eigenvalue weighted by atomic mass is 16.3. The lowest BCUT2D eigenvalue weighted by atomic mass is 9.97. The molecule has 3 rings (SSSR count). The number of fused-ring (bicyclic) bond motifs is 1. The zero-order chi connectivity index (χ0) is 15.4. The molecule has 2 atom stereocenters. The second kappa shape index (κ2) is 4.70. The highest BCUT2D eigenvalue weighted by Gasteiger charge is 2.39. The molecule has 0 saturated heterocycles. The van der Waals surface area contributed by atoms with Crippen molar-refractivity contribution < 1.29 is 5.11 Å². The maximum atomic E-state index is 12.4. The summed E-state index contributed by atoms with van der Waals surface area (Å²) in [5.41, 5.74) is 2.65. The van der Waals surface area contributed by atoms with Crippen LogP contribution in [0, 0.1) is 11.3 Å². The summed E-state index contributed by atoms with van der Waals surface area (Å²) in [5.74, 6) is 0.684. The summed E-state index contributed by atoms with van der Waals surface area (Å²) in [5, 5.41) is 9.19. The summed E-state index contributed by atoms with van der Waals surface area (Å²) >= 11 is 0. The van der Waals surface area contributed by atoms with Crippen molar-refractivity contribution in [1.29, 1.82) is 0 Å². The molecule has 5 nitrogen and oxygen atoms in total. The van der Waals surface area contributed by atoms with Crippen LogP contribution in [-0.2, 0) is 13.6 Å². The van der Waals surface area contributed by atoms with E-state index in [0.717, 1.165) is 23.3 Å². The molecule has 2 unspecified atom stereocenters. The second-order valence-corrected chi connectivity index (χ2v) is 7.35. The molecular formula is C16H23N3O2. The predicted molar refractivity (Wildman–Crippen MR) is 82.4 cm³/mol. The fourth-order valence-electron chi connectivity index (χ4n) is 2.93. The van der Waals surface area contributed by atoms with Crippen molar-refractivity contribution >= 4 is 11.2 Å². The van der Waals surface area contributed by atoms with Crippen LogP contribution in [0.1, 0.15) is 38.8 Å². The predicted octanol–water partition coefficient (Wildman–Crippen LogP) is 1.88. The number of aliphatic hydroxyl groups is 1. The van der Waals surface area contributed by atoms with Gasteiger partial charge in [0, 0.05) is 31.8 Å². The SMILES string of the molecule is Cn1c(=O)n(CC(C)(C)C)c2ccc(C3CC3CO)nc21. The zero-order valence-electron chi connectivity index (χ0n) is 13.1. The quantitative estimate of drug-likeness (QED) is 0.938.